The summed E-state index contributed by atoms with van der Waals surface area (Å²) in [5.41, 5.74) is 0.818. The van der Waals surface area contributed by atoms with E-state index < -0.39 is 11.9 Å². The first-order valence-electron chi connectivity index (χ1n) is 9.08. The number of halogens is 3. The first-order chi connectivity index (χ1) is 12.6. The molecule has 0 aliphatic carbocycles. The van der Waals surface area contributed by atoms with Crippen LogP contribution in [0.5, 0.6) is 0 Å². The molecule has 0 spiro atoms. The summed E-state index contributed by atoms with van der Waals surface area (Å²) in [6, 6.07) is 8.11. The second kappa shape index (κ2) is 8.59. The standard InChI is InChI=1S/C20H26F3N3O/c1-13(2)14(3)12-24-19(27)10-9-16-7-5-6-8-17(16)26-15(4)11-18(25-26)20(21,22)23/h5-8,11,13-14H,9-10,12H2,1-4H3,(H,24,27). The van der Waals surface area contributed by atoms with Gasteiger partial charge in [0.25, 0.3) is 0 Å². The van der Waals surface area contributed by atoms with Crippen LogP contribution in [0.25, 0.3) is 5.69 Å². The molecule has 2 rings (SSSR count). The monoisotopic (exact) mass is 381 g/mol. The number of hydrogen-bond acceptors (Lipinski definition) is 2. The van der Waals surface area contributed by atoms with Gasteiger partial charge in [-0.25, -0.2) is 4.68 Å². The second-order valence-corrected chi connectivity index (χ2v) is 7.23. The number of nitrogens with one attached hydrogen (secondary N) is 1. The normalized spacial score (nSPS) is 13.0. The van der Waals surface area contributed by atoms with Crippen molar-refractivity contribution < 1.29 is 18.0 Å². The molecular formula is C20H26F3N3O. The smallest absolute Gasteiger partial charge is 0.356 e. The van der Waals surface area contributed by atoms with Crippen molar-refractivity contribution >= 4 is 5.91 Å². The molecule has 0 fully saturated rings. The van der Waals surface area contributed by atoms with E-state index in [9.17, 15) is 18.0 Å². The van der Waals surface area contributed by atoms with E-state index in [1.807, 2.05) is 6.07 Å². The fourth-order valence-electron chi connectivity index (χ4n) is 2.63. The molecule has 7 heteroatoms. The molecule has 0 bridgehead atoms. The minimum absolute atomic E-state index is 0.0644. The van der Waals surface area contributed by atoms with Crippen LogP contribution < -0.4 is 5.32 Å². The first kappa shape index (κ1) is 21.0. The molecule has 2 aromatic rings. The van der Waals surface area contributed by atoms with Gasteiger partial charge in [0.2, 0.25) is 5.91 Å². The largest absolute Gasteiger partial charge is 0.435 e. The Labute approximate surface area is 157 Å². The van der Waals surface area contributed by atoms with Gasteiger partial charge >= 0.3 is 6.18 Å². The predicted molar refractivity (Wildman–Crippen MR) is 98.6 cm³/mol. The number of benzene rings is 1. The molecule has 27 heavy (non-hydrogen) atoms. The maximum absolute atomic E-state index is 12.9. The van der Waals surface area contributed by atoms with E-state index in [1.54, 1.807) is 25.1 Å². The Bertz CT molecular complexity index is 781. The molecule has 1 amide bonds. The zero-order chi connectivity index (χ0) is 20.2. The lowest BCUT2D eigenvalue weighted by atomic mass is 9.98. The maximum Gasteiger partial charge on any atom is 0.435 e. The zero-order valence-corrected chi connectivity index (χ0v) is 16.1. The van der Waals surface area contributed by atoms with Crippen LogP contribution in [-0.4, -0.2) is 22.2 Å². The Morgan fingerprint density at radius 3 is 2.48 bits per heavy atom. The van der Waals surface area contributed by atoms with Crippen LogP contribution in [0.4, 0.5) is 13.2 Å². The average Bonchev–Trinajstić information content (AvgIpc) is 3.00. The average molecular weight is 381 g/mol. The molecular weight excluding hydrogens is 355 g/mol. The van der Waals surface area contributed by atoms with Gasteiger partial charge in [0.1, 0.15) is 0 Å². The molecule has 1 N–H and O–H groups in total. The number of aromatic nitrogens is 2. The number of carbonyl (C=O) groups excluding carboxylic acids is 1. The molecule has 0 aliphatic rings. The highest BCUT2D eigenvalue weighted by molar-refractivity contribution is 5.76. The van der Waals surface area contributed by atoms with E-state index in [-0.39, 0.29) is 12.3 Å². The molecule has 0 saturated carbocycles. The summed E-state index contributed by atoms with van der Waals surface area (Å²) in [4.78, 5) is 12.1. The summed E-state index contributed by atoms with van der Waals surface area (Å²) in [7, 11) is 0. The van der Waals surface area contributed by atoms with Gasteiger partial charge in [-0.1, -0.05) is 39.0 Å². The van der Waals surface area contributed by atoms with E-state index in [0.717, 1.165) is 11.6 Å². The summed E-state index contributed by atoms with van der Waals surface area (Å²) in [5.74, 6) is 0.802. The molecule has 1 unspecified atom stereocenters. The predicted octanol–water partition coefficient (Wildman–Crippen LogP) is 4.54. The maximum atomic E-state index is 12.9. The molecule has 0 aliphatic heterocycles. The third-order valence-electron chi connectivity index (χ3n) is 4.78. The van der Waals surface area contributed by atoms with Gasteiger partial charge in [0.15, 0.2) is 5.69 Å². The van der Waals surface area contributed by atoms with Gasteiger partial charge in [-0.3, -0.25) is 4.79 Å². The first-order valence-corrected chi connectivity index (χ1v) is 9.08. The fourth-order valence-corrected chi connectivity index (χ4v) is 2.63. The fraction of sp³-hybridized carbons (Fsp3) is 0.500. The highest BCUT2D eigenvalue weighted by Gasteiger charge is 2.34. The van der Waals surface area contributed by atoms with Gasteiger partial charge in [-0.2, -0.15) is 18.3 Å². The number of amides is 1. The highest BCUT2D eigenvalue weighted by Crippen LogP contribution is 2.30. The van der Waals surface area contributed by atoms with Crippen LogP contribution >= 0.6 is 0 Å². The summed E-state index contributed by atoms with van der Waals surface area (Å²) in [6.45, 7) is 8.49. The van der Waals surface area contributed by atoms with Crippen molar-refractivity contribution in [1.82, 2.24) is 15.1 Å². The van der Waals surface area contributed by atoms with Gasteiger partial charge in [0.05, 0.1) is 5.69 Å². The lowest BCUT2D eigenvalue weighted by molar-refractivity contribution is -0.141. The SMILES string of the molecule is Cc1cc(C(F)(F)F)nn1-c1ccccc1CCC(=O)NCC(C)C(C)C. The number of carbonyl (C=O) groups is 1. The van der Waals surface area contributed by atoms with Crippen LogP contribution in [0.3, 0.4) is 0 Å². The van der Waals surface area contributed by atoms with Gasteiger partial charge in [-0.15, -0.1) is 0 Å². The Hall–Kier alpha value is -2.31. The molecule has 1 aromatic heterocycles. The van der Waals surface area contributed by atoms with Crippen LogP contribution in [0.1, 0.15) is 44.1 Å². The van der Waals surface area contributed by atoms with E-state index in [0.29, 0.717) is 36.2 Å². The van der Waals surface area contributed by atoms with Crippen molar-refractivity contribution in [2.24, 2.45) is 11.8 Å². The molecule has 0 radical (unpaired) electrons. The minimum atomic E-state index is -4.49. The van der Waals surface area contributed by atoms with Crippen molar-refractivity contribution in [3.63, 3.8) is 0 Å². The van der Waals surface area contributed by atoms with Gasteiger partial charge < -0.3 is 5.32 Å². The molecule has 4 nitrogen and oxygen atoms in total. The second-order valence-electron chi connectivity index (χ2n) is 7.23. The molecule has 0 saturated heterocycles. The Balaban J connectivity index is 2.11. The molecule has 1 heterocycles. The van der Waals surface area contributed by atoms with Crippen LogP contribution in [0, 0.1) is 18.8 Å². The number of alkyl halides is 3. The lowest BCUT2D eigenvalue weighted by Crippen LogP contribution is -2.30. The van der Waals surface area contributed by atoms with Crippen molar-refractivity contribution in [3.05, 3.63) is 47.3 Å². The van der Waals surface area contributed by atoms with E-state index >= 15 is 0 Å². The van der Waals surface area contributed by atoms with Crippen molar-refractivity contribution in [1.29, 1.82) is 0 Å². The third-order valence-corrected chi connectivity index (χ3v) is 4.78. The Kier molecular flexibility index (Phi) is 6.68. The summed E-state index contributed by atoms with van der Waals surface area (Å²) in [5, 5.41) is 6.63. The van der Waals surface area contributed by atoms with Crippen LogP contribution in [-0.2, 0) is 17.4 Å². The summed E-state index contributed by atoms with van der Waals surface area (Å²) < 4.78 is 40.1. The van der Waals surface area contributed by atoms with Crippen LogP contribution in [0.15, 0.2) is 30.3 Å². The molecule has 148 valence electrons. The highest BCUT2D eigenvalue weighted by atomic mass is 19.4. The minimum Gasteiger partial charge on any atom is -0.356 e. The van der Waals surface area contributed by atoms with Gasteiger partial charge in [0, 0.05) is 18.7 Å². The number of nitrogens with zero attached hydrogens (tertiary/aromatic N) is 2. The van der Waals surface area contributed by atoms with E-state index in [4.69, 9.17) is 0 Å². The van der Waals surface area contributed by atoms with Gasteiger partial charge in [-0.05, 0) is 42.9 Å². The molecule has 1 aromatic carbocycles. The Morgan fingerprint density at radius 1 is 1.22 bits per heavy atom. The number of aryl methyl sites for hydroxylation is 2. The number of rotatable bonds is 7. The van der Waals surface area contributed by atoms with Crippen molar-refractivity contribution in [2.45, 2.75) is 46.7 Å². The summed E-state index contributed by atoms with van der Waals surface area (Å²) >= 11 is 0. The zero-order valence-electron chi connectivity index (χ0n) is 16.1. The number of para-hydroxylation sites is 1. The number of hydrogen-bond donors (Lipinski definition) is 1. The van der Waals surface area contributed by atoms with E-state index in [2.05, 4.69) is 31.2 Å². The lowest BCUT2D eigenvalue weighted by Gasteiger charge is -2.16. The van der Waals surface area contributed by atoms with Crippen molar-refractivity contribution in [3.8, 4) is 5.69 Å². The molecule has 1 atom stereocenters. The summed E-state index contributed by atoms with van der Waals surface area (Å²) in [6.07, 6.45) is -3.79. The van der Waals surface area contributed by atoms with Crippen molar-refractivity contribution in [2.75, 3.05) is 6.54 Å². The Morgan fingerprint density at radius 2 is 1.89 bits per heavy atom. The van der Waals surface area contributed by atoms with Crippen LogP contribution in [0.2, 0.25) is 0 Å². The quantitative estimate of drug-likeness (QED) is 0.765. The van der Waals surface area contributed by atoms with E-state index in [1.165, 1.54) is 4.68 Å². The third kappa shape index (κ3) is 5.58. The topological polar surface area (TPSA) is 46.9 Å².